The summed E-state index contributed by atoms with van der Waals surface area (Å²) in [5.41, 5.74) is 2.13. The molecule has 0 fully saturated rings. The van der Waals surface area contributed by atoms with E-state index in [4.69, 9.17) is 0 Å². The lowest BCUT2D eigenvalue weighted by atomic mass is 10.0. The van der Waals surface area contributed by atoms with Crippen molar-refractivity contribution in [3.05, 3.63) is 46.5 Å². The van der Waals surface area contributed by atoms with E-state index in [-0.39, 0.29) is 0 Å². The van der Waals surface area contributed by atoms with Crippen LogP contribution < -0.4 is 0 Å². The van der Waals surface area contributed by atoms with Crippen LogP contribution in [-0.2, 0) is 0 Å². The van der Waals surface area contributed by atoms with Gasteiger partial charge in [0.05, 0.1) is 6.10 Å². The first-order valence-corrected chi connectivity index (χ1v) is 5.49. The van der Waals surface area contributed by atoms with Crippen LogP contribution in [0.4, 0.5) is 0 Å². The fourth-order valence-electron chi connectivity index (χ4n) is 1.35. The van der Waals surface area contributed by atoms with Gasteiger partial charge in [-0.3, -0.25) is 0 Å². The van der Waals surface area contributed by atoms with Crippen LogP contribution in [0.3, 0.4) is 0 Å². The maximum Gasteiger partial charge on any atom is 0.0804 e. The van der Waals surface area contributed by atoms with Gasteiger partial charge in [-0.05, 0) is 31.4 Å². The number of hydrogen-bond donors (Lipinski definition) is 1. The van der Waals surface area contributed by atoms with Crippen LogP contribution in [0.5, 0.6) is 0 Å². The predicted molar refractivity (Wildman–Crippen MR) is 63.3 cm³/mol. The molecule has 0 saturated carbocycles. The molecule has 0 spiro atoms. The van der Waals surface area contributed by atoms with Crippen molar-refractivity contribution >= 4 is 15.9 Å². The maximum absolute atomic E-state index is 9.88. The largest absolute Gasteiger partial charge is 0.388 e. The molecule has 1 unspecified atom stereocenters. The first-order chi connectivity index (χ1) is 6.65. The molecule has 1 N–H and O–H groups in total. The van der Waals surface area contributed by atoms with E-state index in [1.807, 2.05) is 31.2 Å². The molecule has 1 aromatic rings. The SMILES string of the molecule is C=CCCC(O)c1cc(C)ccc1Br. The van der Waals surface area contributed by atoms with Crippen molar-refractivity contribution in [2.75, 3.05) is 0 Å². The molecule has 0 aromatic heterocycles. The molecule has 1 nitrogen and oxygen atoms in total. The number of benzene rings is 1. The Morgan fingerprint density at radius 2 is 2.29 bits per heavy atom. The Hall–Kier alpha value is -0.600. The average molecular weight is 255 g/mol. The first kappa shape index (κ1) is 11.5. The fraction of sp³-hybridized carbons (Fsp3) is 0.333. The van der Waals surface area contributed by atoms with Gasteiger partial charge in [0.1, 0.15) is 0 Å². The van der Waals surface area contributed by atoms with E-state index in [0.717, 1.165) is 22.9 Å². The van der Waals surface area contributed by atoms with Crippen molar-refractivity contribution in [3.63, 3.8) is 0 Å². The molecule has 76 valence electrons. The van der Waals surface area contributed by atoms with Crippen molar-refractivity contribution in [1.29, 1.82) is 0 Å². The fourth-order valence-corrected chi connectivity index (χ4v) is 1.86. The molecule has 1 rings (SSSR count). The van der Waals surface area contributed by atoms with Crippen LogP contribution in [0.1, 0.15) is 30.1 Å². The summed E-state index contributed by atoms with van der Waals surface area (Å²) in [6.07, 6.45) is 2.99. The zero-order valence-corrected chi connectivity index (χ0v) is 9.92. The van der Waals surface area contributed by atoms with E-state index in [1.165, 1.54) is 5.56 Å². The molecule has 0 radical (unpaired) electrons. The molecular formula is C12H15BrO. The van der Waals surface area contributed by atoms with Crippen LogP contribution in [-0.4, -0.2) is 5.11 Å². The summed E-state index contributed by atoms with van der Waals surface area (Å²) >= 11 is 3.44. The van der Waals surface area contributed by atoms with Gasteiger partial charge in [-0.25, -0.2) is 0 Å². The molecule has 2 heteroatoms. The van der Waals surface area contributed by atoms with Gasteiger partial charge in [-0.1, -0.05) is 39.7 Å². The molecule has 0 heterocycles. The minimum absolute atomic E-state index is 0.401. The second kappa shape index (κ2) is 5.32. The highest BCUT2D eigenvalue weighted by molar-refractivity contribution is 9.10. The summed E-state index contributed by atoms with van der Waals surface area (Å²) in [5, 5.41) is 9.88. The van der Waals surface area contributed by atoms with E-state index in [0.29, 0.717) is 0 Å². The minimum Gasteiger partial charge on any atom is -0.388 e. The number of aryl methyl sites for hydroxylation is 1. The highest BCUT2D eigenvalue weighted by atomic mass is 79.9. The molecule has 0 amide bonds. The number of allylic oxidation sites excluding steroid dienone is 1. The highest BCUT2D eigenvalue weighted by Crippen LogP contribution is 2.27. The first-order valence-electron chi connectivity index (χ1n) is 4.70. The van der Waals surface area contributed by atoms with Gasteiger partial charge < -0.3 is 5.11 Å². The van der Waals surface area contributed by atoms with Gasteiger partial charge in [0.2, 0.25) is 0 Å². The zero-order valence-electron chi connectivity index (χ0n) is 8.33. The number of hydrogen-bond acceptors (Lipinski definition) is 1. The van der Waals surface area contributed by atoms with Crippen molar-refractivity contribution in [2.24, 2.45) is 0 Å². The lowest BCUT2D eigenvalue weighted by Gasteiger charge is -2.12. The van der Waals surface area contributed by atoms with Gasteiger partial charge in [0, 0.05) is 4.47 Å². The summed E-state index contributed by atoms with van der Waals surface area (Å²) in [6.45, 7) is 5.67. The zero-order chi connectivity index (χ0) is 10.6. The van der Waals surface area contributed by atoms with Crippen LogP contribution >= 0.6 is 15.9 Å². The average Bonchev–Trinajstić information content (AvgIpc) is 2.18. The minimum atomic E-state index is -0.401. The molecule has 0 aliphatic heterocycles. The molecule has 0 bridgehead atoms. The topological polar surface area (TPSA) is 20.2 Å². The third kappa shape index (κ3) is 2.96. The predicted octanol–water partition coefficient (Wildman–Crippen LogP) is 3.76. The Morgan fingerprint density at radius 3 is 2.93 bits per heavy atom. The maximum atomic E-state index is 9.88. The Bertz CT molecular complexity index is 320. The highest BCUT2D eigenvalue weighted by Gasteiger charge is 2.10. The van der Waals surface area contributed by atoms with E-state index in [1.54, 1.807) is 0 Å². The van der Waals surface area contributed by atoms with E-state index < -0.39 is 6.10 Å². The van der Waals surface area contributed by atoms with E-state index in [2.05, 4.69) is 22.5 Å². The number of aliphatic hydroxyl groups excluding tert-OH is 1. The van der Waals surface area contributed by atoms with Crippen molar-refractivity contribution in [1.82, 2.24) is 0 Å². The van der Waals surface area contributed by atoms with Gasteiger partial charge in [0.15, 0.2) is 0 Å². The van der Waals surface area contributed by atoms with Crippen molar-refractivity contribution < 1.29 is 5.11 Å². The molecule has 14 heavy (non-hydrogen) atoms. The van der Waals surface area contributed by atoms with Gasteiger partial charge in [0.25, 0.3) is 0 Å². The van der Waals surface area contributed by atoms with Crippen LogP contribution in [0.2, 0.25) is 0 Å². The molecule has 0 aliphatic rings. The third-order valence-electron chi connectivity index (χ3n) is 2.15. The quantitative estimate of drug-likeness (QED) is 0.812. The van der Waals surface area contributed by atoms with Crippen LogP contribution in [0.15, 0.2) is 35.3 Å². The summed E-state index contributed by atoms with van der Waals surface area (Å²) in [5.74, 6) is 0. The van der Waals surface area contributed by atoms with E-state index in [9.17, 15) is 5.11 Å². The molecule has 1 aromatic carbocycles. The standard InChI is InChI=1S/C12H15BrO/c1-3-4-5-12(14)10-8-9(2)6-7-11(10)13/h3,6-8,12,14H,1,4-5H2,2H3. The number of rotatable bonds is 4. The summed E-state index contributed by atoms with van der Waals surface area (Å²) in [4.78, 5) is 0. The van der Waals surface area contributed by atoms with E-state index >= 15 is 0 Å². The Balaban J connectivity index is 2.82. The normalized spacial score (nSPS) is 12.5. The van der Waals surface area contributed by atoms with Crippen molar-refractivity contribution in [2.45, 2.75) is 25.9 Å². The lowest BCUT2D eigenvalue weighted by Crippen LogP contribution is -1.98. The van der Waals surface area contributed by atoms with Crippen molar-refractivity contribution in [3.8, 4) is 0 Å². The number of halogens is 1. The summed E-state index contributed by atoms with van der Waals surface area (Å²) in [6, 6.07) is 6.01. The lowest BCUT2D eigenvalue weighted by molar-refractivity contribution is 0.168. The van der Waals surface area contributed by atoms with Gasteiger partial charge >= 0.3 is 0 Å². The second-order valence-electron chi connectivity index (χ2n) is 3.41. The molecule has 1 atom stereocenters. The Labute approximate surface area is 93.6 Å². The second-order valence-corrected chi connectivity index (χ2v) is 4.26. The van der Waals surface area contributed by atoms with Gasteiger partial charge in [-0.15, -0.1) is 6.58 Å². The monoisotopic (exact) mass is 254 g/mol. The molecular weight excluding hydrogens is 240 g/mol. The smallest absolute Gasteiger partial charge is 0.0804 e. The summed E-state index contributed by atoms with van der Waals surface area (Å²) < 4.78 is 0.972. The number of aliphatic hydroxyl groups is 1. The summed E-state index contributed by atoms with van der Waals surface area (Å²) in [7, 11) is 0. The van der Waals surface area contributed by atoms with Gasteiger partial charge in [-0.2, -0.15) is 0 Å². The molecule has 0 aliphatic carbocycles. The van der Waals surface area contributed by atoms with Crippen LogP contribution in [0, 0.1) is 6.92 Å². The molecule has 0 saturated heterocycles. The Kier molecular flexibility index (Phi) is 4.36. The van der Waals surface area contributed by atoms with Crippen LogP contribution in [0.25, 0.3) is 0 Å². The Morgan fingerprint density at radius 1 is 1.57 bits per heavy atom. The third-order valence-corrected chi connectivity index (χ3v) is 2.88.